The van der Waals surface area contributed by atoms with E-state index in [2.05, 4.69) is 10.6 Å². The maximum absolute atomic E-state index is 12.9. The van der Waals surface area contributed by atoms with Gasteiger partial charge in [-0.3, -0.25) is 14.4 Å². The minimum absolute atomic E-state index is 0.0764. The first-order chi connectivity index (χ1) is 12.8. The summed E-state index contributed by atoms with van der Waals surface area (Å²) in [7, 11) is 0. The summed E-state index contributed by atoms with van der Waals surface area (Å²) in [4.78, 5) is 37.4. The Bertz CT molecular complexity index is 523. The van der Waals surface area contributed by atoms with Gasteiger partial charge in [0.05, 0.1) is 24.2 Å². The Kier molecular flexibility index (Phi) is 11.5. The van der Waals surface area contributed by atoms with E-state index in [1.807, 2.05) is 13.8 Å². The van der Waals surface area contributed by atoms with Gasteiger partial charge in [-0.15, -0.1) is 0 Å². The lowest BCUT2D eigenvalue weighted by molar-refractivity contribution is -0.150. The molecule has 0 spiro atoms. The molecule has 0 radical (unpaired) electrons. The summed E-state index contributed by atoms with van der Waals surface area (Å²) in [5.41, 5.74) is 0. The summed E-state index contributed by atoms with van der Waals surface area (Å²) in [6, 6.07) is -1.82. The third-order valence-corrected chi connectivity index (χ3v) is 5.02. The van der Waals surface area contributed by atoms with E-state index in [0.717, 1.165) is 0 Å². The van der Waals surface area contributed by atoms with Crippen molar-refractivity contribution < 1.29 is 29.3 Å². The highest BCUT2D eigenvalue weighted by Gasteiger charge is 2.34. The zero-order chi connectivity index (χ0) is 22.2. The van der Waals surface area contributed by atoms with Crippen molar-refractivity contribution in [2.24, 2.45) is 17.8 Å². The lowest BCUT2D eigenvalue weighted by atomic mass is 9.93. The van der Waals surface area contributed by atoms with Crippen LogP contribution in [0.4, 0.5) is 0 Å². The summed E-state index contributed by atoms with van der Waals surface area (Å²) in [6.07, 6.45) is -2.17. The van der Waals surface area contributed by atoms with E-state index in [-0.39, 0.29) is 17.6 Å². The molecule has 0 aromatic rings. The quantitative estimate of drug-likeness (QED) is 0.361. The molecule has 7 atom stereocenters. The third-order valence-electron chi connectivity index (χ3n) is 5.02. The van der Waals surface area contributed by atoms with Gasteiger partial charge in [0.1, 0.15) is 6.04 Å². The summed E-state index contributed by atoms with van der Waals surface area (Å²) < 4.78 is 5.28. The number of carbonyl (C=O) groups is 3. The number of hydrogen-bond donors (Lipinski definition) is 4. The molecule has 0 rings (SSSR count). The number of aliphatic hydroxyl groups is 2. The molecule has 8 heteroatoms. The molecule has 0 aromatic carbocycles. The maximum Gasteiger partial charge on any atom is 0.245 e. The summed E-state index contributed by atoms with van der Waals surface area (Å²) in [5, 5.41) is 24.9. The number of hydrogen-bond acceptors (Lipinski definition) is 6. The predicted octanol–water partition coefficient (Wildman–Crippen LogP) is 0.988. The van der Waals surface area contributed by atoms with Crippen LogP contribution in [0.5, 0.6) is 0 Å². The molecule has 4 N–H and O–H groups in total. The normalized spacial score (nSPS) is 19.1. The molecule has 0 aliphatic rings. The highest BCUT2D eigenvalue weighted by molar-refractivity contribution is 5.93. The number of rotatable bonds is 12. The largest absolute Gasteiger partial charge is 0.392 e. The molecular weight excluding hydrogens is 364 g/mol. The van der Waals surface area contributed by atoms with Gasteiger partial charge in [-0.05, 0) is 32.6 Å². The Balaban J connectivity index is 5.48. The predicted molar refractivity (Wildman–Crippen MR) is 106 cm³/mol. The molecule has 0 saturated carbocycles. The van der Waals surface area contributed by atoms with Gasteiger partial charge in [-0.2, -0.15) is 0 Å². The molecule has 0 heterocycles. The average molecular weight is 403 g/mol. The van der Waals surface area contributed by atoms with Gasteiger partial charge in [0.15, 0.2) is 12.1 Å². The van der Waals surface area contributed by atoms with Crippen LogP contribution in [0.25, 0.3) is 0 Å². The van der Waals surface area contributed by atoms with Crippen LogP contribution < -0.4 is 10.6 Å². The van der Waals surface area contributed by atoms with Crippen LogP contribution in [0.15, 0.2) is 0 Å². The molecule has 8 nitrogen and oxygen atoms in total. The molecular formula is C20H38N2O6. The topological polar surface area (TPSA) is 125 Å². The minimum Gasteiger partial charge on any atom is -0.392 e. The number of amides is 2. The van der Waals surface area contributed by atoms with Crippen molar-refractivity contribution in [2.75, 3.05) is 0 Å². The fourth-order valence-electron chi connectivity index (χ4n) is 2.93. The number of carbonyl (C=O) groups excluding carboxylic acids is 3. The maximum atomic E-state index is 12.9. The van der Waals surface area contributed by atoms with Crippen LogP contribution in [0, 0.1) is 17.8 Å². The smallest absolute Gasteiger partial charge is 0.245 e. The Labute approximate surface area is 168 Å². The SMILES string of the molecule is CC[C@H](C)[C@@H](NC(=O)[C@@H](NC(=O)[C@H](C)[C@H](O)C(C)C)[C@@H](C)OC(C)O)C(C)=O. The number of ether oxygens (including phenoxy) is 1. The molecule has 164 valence electrons. The second-order valence-electron chi connectivity index (χ2n) is 7.93. The highest BCUT2D eigenvalue weighted by atomic mass is 16.6. The Hall–Kier alpha value is -1.51. The number of aliphatic hydroxyl groups excluding tert-OH is 2. The summed E-state index contributed by atoms with van der Waals surface area (Å²) >= 11 is 0. The van der Waals surface area contributed by atoms with E-state index in [9.17, 15) is 24.6 Å². The minimum atomic E-state index is -1.14. The van der Waals surface area contributed by atoms with E-state index in [1.54, 1.807) is 27.7 Å². The highest BCUT2D eigenvalue weighted by Crippen LogP contribution is 2.14. The first-order valence-corrected chi connectivity index (χ1v) is 9.96. The Morgan fingerprint density at radius 2 is 1.39 bits per heavy atom. The number of Topliss-reactive ketones (excluding diaryl/α,β-unsaturated/α-hetero) is 1. The van der Waals surface area contributed by atoms with E-state index in [4.69, 9.17) is 4.74 Å². The molecule has 0 fully saturated rings. The van der Waals surface area contributed by atoms with Crippen molar-refractivity contribution in [1.29, 1.82) is 0 Å². The molecule has 0 bridgehead atoms. The van der Waals surface area contributed by atoms with Crippen molar-refractivity contribution in [3.63, 3.8) is 0 Å². The van der Waals surface area contributed by atoms with Gasteiger partial charge in [-0.1, -0.05) is 41.0 Å². The van der Waals surface area contributed by atoms with Gasteiger partial charge in [0.25, 0.3) is 0 Å². The second-order valence-corrected chi connectivity index (χ2v) is 7.93. The van der Waals surface area contributed by atoms with Crippen molar-refractivity contribution in [2.45, 2.75) is 92.4 Å². The Morgan fingerprint density at radius 1 is 0.893 bits per heavy atom. The number of ketones is 1. The van der Waals surface area contributed by atoms with Crippen molar-refractivity contribution in [1.82, 2.24) is 10.6 Å². The molecule has 1 unspecified atom stereocenters. The Morgan fingerprint density at radius 3 is 1.79 bits per heavy atom. The van der Waals surface area contributed by atoms with Crippen molar-refractivity contribution in [3.8, 4) is 0 Å². The third kappa shape index (κ3) is 8.24. The van der Waals surface area contributed by atoms with Crippen molar-refractivity contribution in [3.05, 3.63) is 0 Å². The molecule has 0 aliphatic carbocycles. The second kappa shape index (κ2) is 12.1. The number of nitrogens with one attached hydrogen (secondary N) is 2. The molecule has 28 heavy (non-hydrogen) atoms. The summed E-state index contributed by atoms with van der Waals surface area (Å²) in [5.74, 6) is -2.22. The van der Waals surface area contributed by atoms with Crippen LogP contribution >= 0.6 is 0 Å². The molecule has 0 saturated heterocycles. The lowest BCUT2D eigenvalue weighted by Gasteiger charge is -2.30. The molecule has 0 aromatic heterocycles. The van der Waals surface area contributed by atoms with Gasteiger partial charge < -0.3 is 25.6 Å². The van der Waals surface area contributed by atoms with Crippen LogP contribution in [0.3, 0.4) is 0 Å². The zero-order valence-corrected chi connectivity index (χ0v) is 18.4. The fraction of sp³-hybridized carbons (Fsp3) is 0.850. The lowest BCUT2D eigenvalue weighted by Crippen LogP contribution is -2.58. The average Bonchev–Trinajstić information content (AvgIpc) is 2.60. The molecule has 2 amide bonds. The van der Waals surface area contributed by atoms with Crippen LogP contribution in [-0.2, 0) is 19.1 Å². The standard InChI is InChI=1S/C20H38N2O6/c1-9-11(4)16(13(6)23)21-20(27)17(14(7)28-15(8)24)22-19(26)12(5)18(25)10(2)3/h10-12,14-18,24-25H,9H2,1-8H3,(H,21,27)(H,22,26)/t11-,12+,14+,15?,16+,17-,18+/m0/s1. The van der Waals surface area contributed by atoms with E-state index >= 15 is 0 Å². The molecule has 0 aliphatic heterocycles. The van der Waals surface area contributed by atoms with Crippen LogP contribution in [0.2, 0.25) is 0 Å². The van der Waals surface area contributed by atoms with E-state index < -0.39 is 48.3 Å². The van der Waals surface area contributed by atoms with E-state index in [1.165, 1.54) is 13.8 Å². The van der Waals surface area contributed by atoms with Crippen LogP contribution in [0.1, 0.15) is 61.8 Å². The van der Waals surface area contributed by atoms with Gasteiger partial charge in [-0.25, -0.2) is 0 Å². The summed E-state index contributed by atoms with van der Waals surface area (Å²) in [6.45, 7) is 13.3. The van der Waals surface area contributed by atoms with Gasteiger partial charge >= 0.3 is 0 Å². The fourth-order valence-corrected chi connectivity index (χ4v) is 2.93. The van der Waals surface area contributed by atoms with Gasteiger partial charge in [0, 0.05) is 0 Å². The first-order valence-electron chi connectivity index (χ1n) is 9.96. The first kappa shape index (κ1) is 26.5. The zero-order valence-electron chi connectivity index (χ0n) is 18.4. The monoisotopic (exact) mass is 402 g/mol. The van der Waals surface area contributed by atoms with E-state index in [0.29, 0.717) is 6.42 Å². The van der Waals surface area contributed by atoms with Crippen molar-refractivity contribution >= 4 is 17.6 Å². The van der Waals surface area contributed by atoms with Gasteiger partial charge in [0.2, 0.25) is 11.8 Å². The van der Waals surface area contributed by atoms with Crippen LogP contribution in [-0.4, -0.2) is 58.4 Å².